The third-order valence-electron chi connectivity index (χ3n) is 3.73. The topological polar surface area (TPSA) is 44.8 Å². The Kier molecular flexibility index (Phi) is 6.44. The first-order chi connectivity index (χ1) is 12.8. The molecule has 0 heterocycles. The number of hydrogen-bond acceptors (Lipinski definition) is 5. The van der Waals surface area contributed by atoms with Crippen molar-refractivity contribution in [2.75, 3.05) is 7.11 Å². The summed E-state index contributed by atoms with van der Waals surface area (Å²) < 4.78 is 10.6. The van der Waals surface area contributed by atoms with Crippen molar-refractivity contribution in [3.63, 3.8) is 0 Å². The Morgan fingerprint density at radius 1 is 0.923 bits per heavy atom. The van der Waals surface area contributed by atoms with E-state index in [-0.39, 0.29) is 0 Å². The molecule has 3 aromatic rings. The van der Waals surface area contributed by atoms with Crippen LogP contribution in [-0.4, -0.2) is 13.4 Å². The molecule has 0 aliphatic heterocycles. The zero-order chi connectivity index (χ0) is 18.2. The van der Waals surface area contributed by atoms with Crippen molar-refractivity contribution in [3.05, 3.63) is 83.9 Å². The number of carbonyl (C=O) groups is 1. The quantitative estimate of drug-likeness (QED) is 0.233. The second kappa shape index (κ2) is 9.20. The van der Waals surface area contributed by atoms with Crippen molar-refractivity contribution in [2.24, 2.45) is 0 Å². The lowest BCUT2D eigenvalue weighted by atomic mass is 10.0. The lowest BCUT2D eigenvalue weighted by molar-refractivity contribution is -0.160. The molecular formula is C21H18O4S. The first kappa shape index (κ1) is 18.2. The van der Waals surface area contributed by atoms with E-state index >= 15 is 0 Å². The Morgan fingerprint density at radius 2 is 1.69 bits per heavy atom. The van der Waals surface area contributed by atoms with Gasteiger partial charge in [0.1, 0.15) is 18.6 Å². The molecule has 0 atom stereocenters. The predicted molar refractivity (Wildman–Crippen MR) is 102 cm³/mol. The van der Waals surface area contributed by atoms with Gasteiger partial charge in [-0.05, 0) is 59.2 Å². The number of hydrogen-bond donors (Lipinski definition) is 0. The Hall–Kier alpha value is -2.60. The minimum absolute atomic E-state index is 0.462. The summed E-state index contributed by atoms with van der Waals surface area (Å²) >= 11 is 1.17. The van der Waals surface area contributed by atoms with Crippen LogP contribution in [0, 0.1) is 0 Å². The van der Waals surface area contributed by atoms with E-state index in [1.165, 1.54) is 19.2 Å². The van der Waals surface area contributed by atoms with E-state index in [0.717, 1.165) is 33.6 Å². The maximum Gasteiger partial charge on any atom is 0.150 e. The van der Waals surface area contributed by atoms with E-state index in [0.29, 0.717) is 12.2 Å². The second-order valence-electron chi connectivity index (χ2n) is 5.52. The number of ether oxygens (including phenoxy) is 1. The summed E-state index contributed by atoms with van der Waals surface area (Å²) in [6, 6.07) is 23.3. The molecule has 0 amide bonds. The van der Waals surface area contributed by atoms with Crippen molar-refractivity contribution in [3.8, 4) is 16.9 Å². The van der Waals surface area contributed by atoms with Crippen molar-refractivity contribution < 1.29 is 18.8 Å². The average Bonchev–Trinajstić information content (AvgIpc) is 2.71. The zero-order valence-corrected chi connectivity index (χ0v) is 15.1. The highest BCUT2D eigenvalue weighted by atomic mass is 32.2. The average molecular weight is 366 g/mol. The van der Waals surface area contributed by atoms with Crippen LogP contribution in [0.25, 0.3) is 11.1 Å². The zero-order valence-electron chi connectivity index (χ0n) is 14.3. The summed E-state index contributed by atoms with van der Waals surface area (Å²) in [4.78, 5) is 16.2. The lowest BCUT2D eigenvalue weighted by Gasteiger charge is -2.09. The van der Waals surface area contributed by atoms with E-state index in [1.54, 1.807) is 24.3 Å². The molecule has 0 bridgehead atoms. The molecule has 3 aromatic carbocycles. The molecule has 0 aromatic heterocycles. The summed E-state index contributed by atoms with van der Waals surface area (Å²) in [6.07, 6.45) is 0.818. The molecule has 0 unspecified atom stereocenters. The van der Waals surface area contributed by atoms with Crippen LogP contribution in [0.2, 0.25) is 0 Å². The highest BCUT2D eigenvalue weighted by Crippen LogP contribution is 2.25. The smallest absolute Gasteiger partial charge is 0.150 e. The minimum Gasteiger partial charge on any atom is -0.489 e. The third-order valence-corrected chi connectivity index (χ3v) is 4.40. The Bertz CT molecular complexity index is 845. The molecule has 0 saturated heterocycles. The van der Waals surface area contributed by atoms with Crippen LogP contribution in [0.4, 0.5) is 0 Å². The molecule has 0 N–H and O–H groups in total. The fraction of sp³-hybridized carbons (Fsp3) is 0.0952. The van der Waals surface area contributed by atoms with E-state index in [4.69, 9.17) is 9.07 Å². The van der Waals surface area contributed by atoms with Gasteiger partial charge in [-0.1, -0.05) is 30.3 Å². The fourth-order valence-corrected chi connectivity index (χ4v) is 2.82. The van der Waals surface area contributed by atoms with Crippen LogP contribution in [0.3, 0.4) is 0 Å². The summed E-state index contributed by atoms with van der Waals surface area (Å²) in [5, 5.41) is 0. The summed E-state index contributed by atoms with van der Waals surface area (Å²) in [5.74, 6) is 0.737. The highest BCUT2D eigenvalue weighted by molar-refractivity contribution is 7.94. The molecule has 5 heteroatoms. The minimum atomic E-state index is 0.462. The second-order valence-corrected chi connectivity index (χ2v) is 6.29. The van der Waals surface area contributed by atoms with Crippen LogP contribution >= 0.6 is 12.0 Å². The van der Waals surface area contributed by atoms with Gasteiger partial charge in [0.25, 0.3) is 0 Å². The first-order valence-corrected chi connectivity index (χ1v) is 8.77. The molecule has 0 spiro atoms. The van der Waals surface area contributed by atoms with Gasteiger partial charge in [0.15, 0.2) is 0 Å². The van der Waals surface area contributed by atoms with E-state index < -0.39 is 0 Å². The third kappa shape index (κ3) is 4.95. The fourth-order valence-electron chi connectivity index (χ4n) is 2.43. The van der Waals surface area contributed by atoms with Crippen LogP contribution in [0.1, 0.15) is 15.9 Å². The molecule has 0 fully saturated rings. The first-order valence-electron chi connectivity index (χ1n) is 8.03. The van der Waals surface area contributed by atoms with Gasteiger partial charge < -0.3 is 4.74 Å². The number of carbonyl (C=O) groups excluding carboxylic acids is 1. The molecule has 26 heavy (non-hydrogen) atoms. The molecule has 0 saturated carbocycles. The number of benzene rings is 3. The molecule has 4 nitrogen and oxygen atoms in total. The van der Waals surface area contributed by atoms with Crippen molar-refractivity contribution in [2.45, 2.75) is 11.5 Å². The van der Waals surface area contributed by atoms with Crippen LogP contribution < -0.4 is 4.74 Å². The Balaban J connectivity index is 1.66. The van der Waals surface area contributed by atoms with Gasteiger partial charge >= 0.3 is 0 Å². The molecule has 0 aliphatic rings. The van der Waals surface area contributed by atoms with Gasteiger partial charge in [-0.2, -0.15) is 4.33 Å². The predicted octanol–water partition coefficient (Wildman–Crippen LogP) is 5.33. The van der Waals surface area contributed by atoms with Crippen molar-refractivity contribution in [1.82, 2.24) is 0 Å². The van der Waals surface area contributed by atoms with E-state index in [1.807, 2.05) is 36.4 Å². The van der Waals surface area contributed by atoms with Crippen molar-refractivity contribution in [1.29, 1.82) is 0 Å². The maximum absolute atomic E-state index is 10.7. The van der Waals surface area contributed by atoms with Gasteiger partial charge in [0.2, 0.25) is 0 Å². The maximum atomic E-state index is 10.7. The van der Waals surface area contributed by atoms with Gasteiger partial charge in [-0.15, -0.1) is 0 Å². The standard InChI is InChI=1S/C21H18O4S/c1-23-25-26-21-11-7-18(8-12-21)19-4-2-3-17(13-19)15-24-20-9-5-16(14-22)6-10-20/h2-14H,15H2,1H3. The normalized spacial score (nSPS) is 10.5. The van der Waals surface area contributed by atoms with E-state index in [2.05, 4.69) is 17.0 Å². The van der Waals surface area contributed by atoms with E-state index in [9.17, 15) is 4.79 Å². The van der Waals surface area contributed by atoms with Gasteiger partial charge in [-0.25, -0.2) is 4.89 Å². The molecule has 132 valence electrons. The Morgan fingerprint density at radius 3 is 2.38 bits per heavy atom. The van der Waals surface area contributed by atoms with Crippen LogP contribution in [-0.2, 0) is 15.8 Å². The van der Waals surface area contributed by atoms with Gasteiger partial charge in [0, 0.05) is 10.5 Å². The summed E-state index contributed by atoms with van der Waals surface area (Å²) in [5.41, 5.74) is 3.94. The molecule has 0 aliphatic carbocycles. The molecular weight excluding hydrogens is 348 g/mol. The monoisotopic (exact) mass is 366 g/mol. The van der Waals surface area contributed by atoms with Crippen molar-refractivity contribution >= 4 is 18.3 Å². The largest absolute Gasteiger partial charge is 0.489 e. The summed E-state index contributed by atoms with van der Waals surface area (Å²) in [7, 11) is 1.48. The van der Waals surface area contributed by atoms with Gasteiger partial charge in [0.05, 0.1) is 19.2 Å². The van der Waals surface area contributed by atoms with Crippen LogP contribution in [0.5, 0.6) is 5.75 Å². The highest BCUT2D eigenvalue weighted by Gasteiger charge is 2.02. The summed E-state index contributed by atoms with van der Waals surface area (Å²) in [6.45, 7) is 0.462. The SMILES string of the molecule is COOSc1ccc(-c2cccc(COc3ccc(C=O)cc3)c2)cc1. The molecule has 0 radical (unpaired) electrons. The Labute approximate surface area is 156 Å². The van der Waals surface area contributed by atoms with Gasteiger partial charge in [-0.3, -0.25) is 4.79 Å². The number of aldehydes is 1. The molecule has 3 rings (SSSR count). The van der Waals surface area contributed by atoms with Crippen LogP contribution in [0.15, 0.2) is 77.7 Å². The number of rotatable bonds is 8. The lowest BCUT2D eigenvalue weighted by Crippen LogP contribution is -1.96.